The van der Waals surface area contributed by atoms with Crippen molar-refractivity contribution in [1.29, 1.82) is 0 Å². The van der Waals surface area contributed by atoms with Crippen LogP contribution >= 0.6 is 0 Å². The van der Waals surface area contributed by atoms with Crippen molar-refractivity contribution in [1.82, 2.24) is 19.8 Å². The zero-order valence-corrected chi connectivity index (χ0v) is 18.6. The first-order valence-corrected chi connectivity index (χ1v) is 10.8. The van der Waals surface area contributed by atoms with Crippen molar-refractivity contribution in [2.24, 2.45) is 0 Å². The third-order valence-electron chi connectivity index (χ3n) is 5.40. The van der Waals surface area contributed by atoms with Crippen molar-refractivity contribution in [2.45, 2.75) is 26.0 Å². The van der Waals surface area contributed by atoms with Crippen LogP contribution in [-0.4, -0.2) is 58.5 Å². The second-order valence-electron chi connectivity index (χ2n) is 8.14. The van der Waals surface area contributed by atoms with E-state index in [0.29, 0.717) is 24.4 Å². The number of likely N-dealkylation sites (N-methyl/N-ethyl adjacent to an activating group) is 1. The Morgan fingerprint density at radius 1 is 1.00 bits per heavy atom. The molecule has 1 aliphatic rings. The molecule has 32 heavy (non-hydrogen) atoms. The first kappa shape index (κ1) is 21.8. The van der Waals surface area contributed by atoms with Crippen LogP contribution in [0.4, 0.5) is 0 Å². The molecule has 166 valence electrons. The molecule has 3 aromatic rings. The SMILES string of the molecule is CC(C)Oc1ccc([C@H]2CN(C(=O)c3cccc(Oc4ncccn4)c3)CCN2C)cc1. The Bertz CT molecular complexity index is 1040. The molecule has 1 saturated heterocycles. The Morgan fingerprint density at radius 3 is 2.47 bits per heavy atom. The molecule has 0 bridgehead atoms. The van der Waals surface area contributed by atoms with Crippen LogP contribution in [0.5, 0.6) is 17.5 Å². The van der Waals surface area contributed by atoms with Gasteiger partial charge in [-0.05, 0) is 62.9 Å². The van der Waals surface area contributed by atoms with Gasteiger partial charge in [0.2, 0.25) is 0 Å². The van der Waals surface area contributed by atoms with E-state index < -0.39 is 0 Å². The van der Waals surface area contributed by atoms with Crippen molar-refractivity contribution in [3.05, 3.63) is 78.1 Å². The van der Waals surface area contributed by atoms with Crippen molar-refractivity contribution >= 4 is 5.91 Å². The molecule has 0 unspecified atom stereocenters. The first-order chi connectivity index (χ1) is 15.5. The van der Waals surface area contributed by atoms with Crippen molar-refractivity contribution in [3.63, 3.8) is 0 Å². The molecule has 4 rings (SSSR count). The van der Waals surface area contributed by atoms with Gasteiger partial charge in [0.15, 0.2) is 0 Å². The molecule has 1 amide bonds. The number of ether oxygens (including phenoxy) is 2. The standard InChI is InChI=1S/C25H28N4O3/c1-18(2)31-21-10-8-19(9-11-21)23-17-29(15-14-28(23)3)24(30)20-6-4-7-22(16-20)32-25-26-12-5-13-27-25/h4-13,16,18,23H,14-15,17H2,1-3H3/t23-/m1/s1. The molecule has 2 aromatic carbocycles. The van der Waals surface area contributed by atoms with Crippen molar-refractivity contribution < 1.29 is 14.3 Å². The number of rotatable bonds is 6. The molecule has 1 aromatic heterocycles. The number of carbonyl (C=O) groups excluding carboxylic acids is 1. The van der Waals surface area contributed by atoms with E-state index in [4.69, 9.17) is 9.47 Å². The highest BCUT2D eigenvalue weighted by atomic mass is 16.5. The molecular weight excluding hydrogens is 404 g/mol. The predicted molar refractivity (Wildman–Crippen MR) is 122 cm³/mol. The van der Waals surface area contributed by atoms with Crippen LogP contribution in [0.3, 0.4) is 0 Å². The summed E-state index contributed by atoms with van der Waals surface area (Å²) in [5, 5.41) is 0. The maximum Gasteiger partial charge on any atom is 0.321 e. The summed E-state index contributed by atoms with van der Waals surface area (Å²) in [6, 6.07) is 17.4. The molecule has 1 fully saturated rings. The average Bonchev–Trinajstić information content (AvgIpc) is 2.80. The quantitative estimate of drug-likeness (QED) is 0.582. The highest BCUT2D eigenvalue weighted by Crippen LogP contribution is 2.27. The summed E-state index contributed by atoms with van der Waals surface area (Å²) >= 11 is 0. The van der Waals surface area contributed by atoms with Gasteiger partial charge in [-0.25, -0.2) is 9.97 Å². The fourth-order valence-electron chi connectivity index (χ4n) is 3.78. The van der Waals surface area contributed by atoms with Gasteiger partial charge in [0.1, 0.15) is 11.5 Å². The number of amides is 1. The number of hydrogen-bond acceptors (Lipinski definition) is 6. The molecule has 2 heterocycles. The Labute approximate surface area is 188 Å². The maximum absolute atomic E-state index is 13.3. The zero-order chi connectivity index (χ0) is 22.5. The highest BCUT2D eigenvalue weighted by molar-refractivity contribution is 5.94. The van der Waals surface area contributed by atoms with E-state index in [1.54, 1.807) is 30.6 Å². The van der Waals surface area contributed by atoms with Gasteiger partial charge in [-0.3, -0.25) is 9.69 Å². The Morgan fingerprint density at radius 2 is 1.75 bits per heavy atom. The van der Waals surface area contributed by atoms with Gasteiger partial charge in [-0.15, -0.1) is 0 Å². The van der Waals surface area contributed by atoms with Crippen LogP contribution < -0.4 is 9.47 Å². The topological polar surface area (TPSA) is 67.8 Å². The summed E-state index contributed by atoms with van der Waals surface area (Å²) in [6.07, 6.45) is 3.37. The van der Waals surface area contributed by atoms with Crippen LogP contribution in [-0.2, 0) is 0 Å². The summed E-state index contributed by atoms with van der Waals surface area (Å²) < 4.78 is 11.4. The van der Waals surface area contributed by atoms with E-state index in [9.17, 15) is 4.79 Å². The Hall–Kier alpha value is -3.45. The fraction of sp³-hybridized carbons (Fsp3) is 0.320. The number of carbonyl (C=O) groups is 1. The number of nitrogens with zero attached hydrogens (tertiary/aromatic N) is 4. The second kappa shape index (κ2) is 9.78. The summed E-state index contributed by atoms with van der Waals surface area (Å²) in [5.74, 6) is 1.38. The van der Waals surface area contributed by atoms with Gasteiger partial charge in [-0.1, -0.05) is 18.2 Å². The van der Waals surface area contributed by atoms with E-state index in [0.717, 1.165) is 12.3 Å². The lowest BCUT2D eigenvalue weighted by atomic mass is 10.0. The molecule has 0 radical (unpaired) electrons. The summed E-state index contributed by atoms with van der Waals surface area (Å²) in [6.45, 7) is 6.12. The number of piperazine rings is 1. The highest BCUT2D eigenvalue weighted by Gasteiger charge is 2.29. The van der Waals surface area contributed by atoms with E-state index in [-0.39, 0.29) is 24.1 Å². The number of hydrogen-bond donors (Lipinski definition) is 0. The minimum atomic E-state index is -0.0118. The average molecular weight is 433 g/mol. The molecule has 1 aliphatic heterocycles. The Balaban J connectivity index is 1.47. The van der Waals surface area contributed by atoms with Crippen LogP contribution in [0.15, 0.2) is 67.0 Å². The van der Waals surface area contributed by atoms with Gasteiger partial charge >= 0.3 is 6.01 Å². The third kappa shape index (κ3) is 5.23. The van der Waals surface area contributed by atoms with Gasteiger partial charge in [0.25, 0.3) is 5.91 Å². The minimum absolute atomic E-state index is 0.0118. The number of benzene rings is 2. The van der Waals surface area contributed by atoms with Crippen LogP contribution in [0.25, 0.3) is 0 Å². The third-order valence-corrected chi connectivity index (χ3v) is 5.40. The van der Waals surface area contributed by atoms with E-state index >= 15 is 0 Å². The summed E-state index contributed by atoms with van der Waals surface area (Å²) in [5.41, 5.74) is 1.75. The number of aromatic nitrogens is 2. The normalized spacial score (nSPS) is 16.8. The van der Waals surface area contributed by atoms with E-state index in [2.05, 4.69) is 34.0 Å². The molecular formula is C25H28N4O3. The smallest absolute Gasteiger partial charge is 0.321 e. The lowest BCUT2D eigenvalue weighted by molar-refractivity contribution is 0.0545. The van der Waals surface area contributed by atoms with Gasteiger partial charge in [0, 0.05) is 37.6 Å². The van der Waals surface area contributed by atoms with Gasteiger partial charge in [0.05, 0.1) is 12.1 Å². The lowest BCUT2D eigenvalue weighted by Crippen LogP contribution is -2.49. The van der Waals surface area contributed by atoms with E-state index in [1.165, 1.54) is 5.56 Å². The van der Waals surface area contributed by atoms with Gasteiger partial charge in [-0.2, -0.15) is 0 Å². The van der Waals surface area contributed by atoms with Crippen LogP contribution in [0.2, 0.25) is 0 Å². The molecule has 1 atom stereocenters. The van der Waals surface area contributed by atoms with Crippen molar-refractivity contribution in [2.75, 3.05) is 26.7 Å². The molecule has 7 heteroatoms. The molecule has 0 spiro atoms. The zero-order valence-electron chi connectivity index (χ0n) is 18.6. The van der Waals surface area contributed by atoms with Crippen LogP contribution in [0.1, 0.15) is 35.8 Å². The predicted octanol–water partition coefficient (Wildman–Crippen LogP) is 4.19. The molecule has 0 saturated carbocycles. The summed E-state index contributed by atoms with van der Waals surface area (Å²) in [4.78, 5) is 25.6. The van der Waals surface area contributed by atoms with Crippen molar-refractivity contribution in [3.8, 4) is 17.5 Å². The second-order valence-corrected chi connectivity index (χ2v) is 8.14. The summed E-state index contributed by atoms with van der Waals surface area (Å²) in [7, 11) is 2.10. The molecule has 0 N–H and O–H groups in total. The van der Waals surface area contributed by atoms with Crippen LogP contribution in [0, 0.1) is 0 Å². The molecule has 7 nitrogen and oxygen atoms in total. The monoisotopic (exact) mass is 432 g/mol. The lowest BCUT2D eigenvalue weighted by Gasteiger charge is -2.39. The van der Waals surface area contributed by atoms with Gasteiger partial charge < -0.3 is 14.4 Å². The first-order valence-electron chi connectivity index (χ1n) is 10.8. The fourth-order valence-corrected chi connectivity index (χ4v) is 3.78. The molecule has 0 aliphatic carbocycles. The largest absolute Gasteiger partial charge is 0.491 e. The van der Waals surface area contributed by atoms with E-state index in [1.807, 2.05) is 43.0 Å². The maximum atomic E-state index is 13.3. The minimum Gasteiger partial charge on any atom is -0.491 e. The Kier molecular flexibility index (Phi) is 6.66.